The van der Waals surface area contributed by atoms with Gasteiger partial charge in [0.15, 0.2) is 0 Å². The quantitative estimate of drug-likeness (QED) is 0.278. The number of halogens is 2. The van der Waals surface area contributed by atoms with Gasteiger partial charge in [0.25, 0.3) is 5.91 Å². The van der Waals surface area contributed by atoms with E-state index in [0.717, 1.165) is 10.4 Å². The number of aryl methyl sites for hydroxylation is 1. The van der Waals surface area contributed by atoms with E-state index >= 15 is 0 Å². The van der Waals surface area contributed by atoms with Gasteiger partial charge in [-0.15, -0.1) is 17.3 Å². The predicted molar refractivity (Wildman–Crippen MR) is 136 cm³/mol. The van der Waals surface area contributed by atoms with Crippen molar-refractivity contribution < 1.29 is 28.2 Å². The first-order valence-corrected chi connectivity index (χ1v) is 12.7. The maximum Gasteiger partial charge on any atom is 0.348 e. The Morgan fingerprint density at radius 1 is 1.28 bits per heavy atom. The topological polar surface area (TPSA) is 66.8 Å². The zero-order valence-corrected chi connectivity index (χ0v) is 21.3. The van der Waals surface area contributed by atoms with Crippen molar-refractivity contribution in [1.82, 2.24) is 4.90 Å². The van der Waals surface area contributed by atoms with E-state index in [-0.39, 0.29) is 12.5 Å². The summed E-state index contributed by atoms with van der Waals surface area (Å²) in [5.41, 5.74) is 1.12. The predicted octanol–water partition coefficient (Wildman–Crippen LogP) is 4.89. The molecule has 0 unspecified atom stereocenters. The summed E-state index contributed by atoms with van der Waals surface area (Å²) in [6.45, 7) is 2.01. The second-order valence-corrected chi connectivity index (χ2v) is 10.1. The number of carbonyl (C=O) groups is 2. The molecule has 1 fully saturated rings. The highest BCUT2D eigenvalue weighted by molar-refractivity contribution is 7.13. The Morgan fingerprint density at radius 3 is 2.75 bits per heavy atom. The minimum Gasteiger partial charge on any atom is -0.465 e. The van der Waals surface area contributed by atoms with Crippen LogP contribution in [0.15, 0.2) is 54.6 Å². The molecule has 8 heteroatoms. The molecule has 2 aromatic rings. The van der Waals surface area contributed by atoms with Crippen LogP contribution < -0.4 is 0 Å². The van der Waals surface area contributed by atoms with Crippen LogP contribution in [0.1, 0.15) is 46.3 Å². The first kappa shape index (κ1) is 27.6. The maximum absolute atomic E-state index is 14.2. The van der Waals surface area contributed by atoms with Gasteiger partial charge in [0.05, 0.1) is 19.3 Å². The van der Waals surface area contributed by atoms with Crippen molar-refractivity contribution in [1.29, 1.82) is 0 Å². The molecule has 0 saturated carbocycles. The molecule has 1 N–H and O–H groups in total. The van der Waals surface area contributed by atoms with Crippen LogP contribution in [0, 0.1) is 17.8 Å². The van der Waals surface area contributed by atoms with Crippen LogP contribution in [-0.2, 0) is 22.4 Å². The van der Waals surface area contributed by atoms with Crippen LogP contribution in [0.5, 0.6) is 0 Å². The number of thiophene rings is 1. The molecule has 0 bridgehead atoms. The lowest BCUT2D eigenvalue weighted by molar-refractivity contribution is -0.148. The number of nitrogens with zero attached hydrogens (tertiary/aromatic N) is 1. The van der Waals surface area contributed by atoms with E-state index in [9.17, 15) is 23.5 Å². The standard InChI is InChI=1S/C28H31F2NO4S/c1-20(9-6-7-12-21-10-4-3-5-11-21)24(32)16-14-22-19-28(29,30)27(34)31(22)18-8-13-23-15-17-25(36-23)26(33)35-2/h3-5,10-11,14-17,20,22,24,32H,8-9,12-13,18-19H2,1-2H3/t20-,22+,24-/m1/s1. The average Bonchev–Trinajstić information content (AvgIpc) is 3.43. The Morgan fingerprint density at radius 2 is 2.03 bits per heavy atom. The van der Waals surface area contributed by atoms with E-state index in [1.165, 1.54) is 35.5 Å². The van der Waals surface area contributed by atoms with Crippen LogP contribution in [0.2, 0.25) is 0 Å². The molecule has 3 atom stereocenters. The minimum absolute atomic E-state index is 0.158. The molecule has 36 heavy (non-hydrogen) atoms. The monoisotopic (exact) mass is 515 g/mol. The smallest absolute Gasteiger partial charge is 0.348 e. The summed E-state index contributed by atoms with van der Waals surface area (Å²) >= 11 is 1.29. The molecular formula is C28H31F2NO4S. The summed E-state index contributed by atoms with van der Waals surface area (Å²) in [5.74, 6) is 0.958. The lowest BCUT2D eigenvalue weighted by Gasteiger charge is -2.22. The fourth-order valence-electron chi connectivity index (χ4n) is 3.95. The molecule has 1 aliphatic rings. The summed E-state index contributed by atoms with van der Waals surface area (Å²) < 4.78 is 33.1. The number of esters is 1. The number of aliphatic hydroxyl groups is 1. The van der Waals surface area contributed by atoms with E-state index in [1.807, 2.05) is 37.3 Å². The molecule has 1 saturated heterocycles. The lowest BCUT2D eigenvalue weighted by Crippen LogP contribution is -2.36. The highest BCUT2D eigenvalue weighted by atomic mass is 32.1. The van der Waals surface area contributed by atoms with E-state index < -0.39 is 36.4 Å². The third kappa shape index (κ3) is 7.49. The Labute approximate surface area is 214 Å². The molecule has 1 aliphatic heterocycles. The van der Waals surface area contributed by atoms with Gasteiger partial charge in [-0.2, -0.15) is 8.78 Å². The van der Waals surface area contributed by atoms with Crippen molar-refractivity contribution in [2.24, 2.45) is 5.92 Å². The highest BCUT2D eigenvalue weighted by Crippen LogP contribution is 2.34. The third-order valence-corrected chi connectivity index (χ3v) is 7.23. The second kappa shape index (κ2) is 12.8. The minimum atomic E-state index is -3.42. The number of hydrogen-bond acceptors (Lipinski definition) is 5. The molecule has 5 nitrogen and oxygen atoms in total. The van der Waals surface area contributed by atoms with E-state index in [1.54, 1.807) is 12.1 Å². The summed E-state index contributed by atoms with van der Waals surface area (Å²) in [6, 6.07) is 12.5. The number of carbonyl (C=O) groups excluding carboxylic acids is 2. The van der Waals surface area contributed by atoms with Crippen LogP contribution >= 0.6 is 11.3 Å². The number of alkyl halides is 2. The van der Waals surface area contributed by atoms with Gasteiger partial charge in [-0.3, -0.25) is 4.79 Å². The van der Waals surface area contributed by atoms with Gasteiger partial charge in [0.1, 0.15) is 4.88 Å². The SMILES string of the molecule is COC(=O)c1ccc(CCCN2C(=O)C(F)(F)C[C@@H]2C=C[C@@H](O)[C@H](C)CC#CCc2ccccc2)s1. The number of benzene rings is 1. The van der Waals surface area contributed by atoms with Crippen molar-refractivity contribution in [3.05, 3.63) is 69.9 Å². The molecular weight excluding hydrogens is 484 g/mol. The Bertz CT molecular complexity index is 1120. The largest absolute Gasteiger partial charge is 0.465 e. The van der Waals surface area contributed by atoms with Gasteiger partial charge in [0, 0.05) is 30.7 Å². The Kier molecular flexibility index (Phi) is 9.80. The molecule has 1 aromatic carbocycles. The zero-order valence-electron chi connectivity index (χ0n) is 20.5. The molecule has 192 valence electrons. The van der Waals surface area contributed by atoms with E-state index in [4.69, 9.17) is 4.74 Å². The maximum atomic E-state index is 14.2. The highest BCUT2D eigenvalue weighted by Gasteiger charge is 2.52. The van der Waals surface area contributed by atoms with Crippen LogP contribution in [-0.4, -0.2) is 53.6 Å². The first-order chi connectivity index (χ1) is 17.2. The van der Waals surface area contributed by atoms with Crippen molar-refractivity contribution in [2.75, 3.05) is 13.7 Å². The number of methoxy groups -OCH3 is 1. The van der Waals surface area contributed by atoms with Crippen molar-refractivity contribution in [2.45, 2.75) is 57.1 Å². The van der Waals surface area contributed by atoms with Gasteiger partial charge in [-0.25, -0.2) is 4.79 Å². The summed E-state index contributed by atoms with van der Waals surface area (Å²) in [7, 11) is 1.31. The van der Waals surface area contributed by atoms with Gasteiger partial charge in [0.2, 0.25) is 0 Å². The third-order valence-electron chi connectivity index (χ3n) is 6.11. The number of hydrogen-bond donors (Lipinski definition) is 1. The van der Waals surface area contributed by atoms with Crippen LogP contribution in [0.25, 0.3) is 0 Å². The summed E-state index contributed by atoms with van der Waals surface area (Å²) in [6.07, 6.45) is 3.67. The molecule has 1 aromatic heterocycles. The average molecular weight is 516 g/mol. The van der Waals surface area contributed by atoms with Gasteiger partial charge in [-0.1, -0.05) is 55.3 Å². The normalized spacial score (nSPS) is 18.6. The van der Waals surface area contributed by atoms with E-state index in [2.05, 4.69) is 11.8 Å². The molecule has 1 amide bonds. The van der Waals surface area contributed by atoms with Crippen LogP contribution in [0.3, 0.4) is 0 Å². The van der Waals surface area contributed by atoms with Gasteiger partial charge >= 0.3 is 11.9 Å². The fourth-order valence-corrected chi connectivity index (χ4v) is 4.92. The fraction of sp³-hybridized carbons (Fsp3) is 0.429. The van der Waals surface area contributed by atoms with Gasteiger partial charge < -0.3 is 14.7 Å². The molecule has 3 rings (SSSR count). The number of aliphatic hydroxyl groups excluding tert-OH is 1. The lowest BCUT2D eigenvalue weighted by atomic mass is 9.99. The summed E-state index contributed by atoms with van der Waals surface area (Å²) in [4.78, 5) is 26.5. The molecule has 0 radical (unpaired) electrons. The number of ether oxygens (including phenoxy) is 1. The second-order valence-electron chi connectivity index (χ2n) is 8.91. The zero-order chi connectivity index (χ0) is 26.1. The Balaban J connectivity index is 1.52. The van der Waals surface area contributed by atoms with E-state index in [0.29, 0.717) is 30.6 Å². The first-order valence-electron chi connectivity index (χ1n) is 11.9. The molecule has 0 aliphatic carbocycles. The number of amides is 1. The molecule has 2 heterocycles. The Hall–Kier alpha value is -3.02. The molecule has 0 spiro atoms. The van der Waals surface area contributed by atoms with Crippen molar-refractivity contribution >= 4 is 23.2 Å². The number of likely N-dealkylation sites (tertiary alicyclic amines) is 1. The van der Waals surface area contributed by atoms with Crippen LogP contribution in [0.4, 0.5) is 8.78 Å². The van der Waals surface area contributed by atoms with Gasteiger partial charge in [-0.05, 0) is 36.5 Å². The summed E-state index contributed by atoms with van der Waals surface area (Å²) in [5, 5.41) is 10.5. The van der Waals surface area contributed by atoms with Crippen molar-refractivity contribution in [3.63, 3.8) is 0 Å². The van der Waals surface area contributed by atoms with Crippen molar-refractivity contribution in [3.8, 4) is 11.8 Å². The number of rotatable bonds is 10.